The molecule has 9 nitrogen and oxygen atoms in total. The average Bonchev–Trinajstić information content (AvgIpc) is 4.01. The second kappa shape index (κ2) is 15.1. The molecule has 5 heterocycles. The maximum Gasteiger partial charge on any atom is 0.256 e. The Bertz CT molecular complexity index is 2380. The molecule has 1 aliphatic heterocycles. The number of halogens is 3. The number of nitrogens with zero attached hydrogens (tertiary/aromatic N) is 5. The largest absolute Gasteiger partial charge is 0.496 e. The molecule has 0 bridgehead atoms. The molecule has 3 aliphatic rings. The molecular weight excluding hydrogens is 730 g/mol. The van der Waals surface area contributed by atoms with Gasteiger partial charge in [-0.2, -0.15) is 0 Å². The molecule has 278 valence electrons. The summed E-state index contributed by atoms with van der Waals surface area (Å²) >= 11 is 8.02. The highest BCUT2D eigenvalue weighted by atomic mass is 35.5. The number of ether oxygens (including phenoxy) is 1. The highest BCUT2D eigenvalue weighted by Gasteiger charge is 2.38. The van der Waals surface area contributed by atoms with E-state index in [1.165, 1.54) is 22.3 Å². The van der Waals surface area contributed by atoms with Crippen molar-refractivity contribution in [3.63, 3.8) is 0 Å². The molecule has 2 atom stereocenters. The van der Waals surface area contributed by atoms with Crippen molar-refractivity contribution in [3.8, 4) is 27.6 Å². The quantitative estimate of drug-likeness (QED) is 0.155. The van der Waals surface area contributed by atoms with E-state index < -0.39 is 6.93 Å². The van der Waals surface area contributed by atoms with Crippen molar-refractivity contribution in [2.45, 2.75) is 70.9 Å². The van der Waals surface area contributed by atoms with Crippen LogP contribution in [0.15, 0.2) is 59.1 Å². The summed E-state index contributed by atoms with van der Waals surface area (Å²) in [7, 11) is 1.73. The number of amides is 1. The van der Waals surface area contributed by atoms with Gasteiger partial charge in [0, 0.05) is 35.1 Å². The SMILES string of the molecule is CCCN1Cc2nc(CC3CCc4cc(Cl)ccc43)c(-c3nnc(C)o3)c(-c3cc4ccnc(NC5CCc6c(OC)cccc65)c4s3)c2C1=O.FCF. The number of aromatic nitrogens is 4. The van der Waals surface area contributed by atoms with E-state index in [1.54, 1.807) is 25.4 Å². The zero-order chi connectivity index (χ0) is 37.5. The van der Waals surface area contributed by atoms with E-state index in [9.17, 15) is 13.6 Å². The van der Waals surface area contributed by atoms with Crippen molar-refractivity contribution >= 4 is 44.7 Å². The summed E-state index contributed by atoms with van der Waals surface area (Å²) in [6.07, 6.45) is 7.24. The minimum atomic E-state index is -1.75. The van der Waals surface area contributed by atoms with E-state index in [-0.39, 0.29) is 17.9 Å². The Labute approximate surface area is 320 Å². The number of benzene rings is 2. The van der Waals surface area contributed by atoms with Crippen molar-refractivity contribution in [2.24, 2.45) is 0 Å². The van der Waals surface area contributed by atoms with Gasteiger partial charge in [-0.05, 0) is 102 Å². The van der Waals surface area contributed by atoms with Gasteiger partial charge in [-0.3, -0.25) is 9.78 Å². The van der Waals surface area contributed by atoms with Gasteiger partial charge in [0.05, 0.1) is 46.9 Å². The summed E-state index contributed by atoms with van der Waals surface area (Å²) in [6.45, 7) is 3.28. The standard InChI is InChI=1S/C40H37ClN6O3S.CH2F2/c1-4-16-47-20-31-35(40(47)48)36(34(39-46-45-21(2)50-39)30(43-31)18-23-9-8-22-17-25(41)10-11-26(22)23)33-19-24-14-15-42-38(37(24)51-33)44-29-13-12-28-27(29)6-5-7-32(28)49-3;2-1-3/h5-7,10-11,14-15,17,19,23,29H,4,8-9,12-13,16,18,20H2,1-3H3,(H,42,44);1H2. The molecular formula is C41H39ClF2N6O3S. The number of methoxy groups -OCH3 is 1. The van der Waals surface area contributed by atoms with Crippen LogP contribution >= 0.6 is 22.9 Å². The van der Waals surface area contributed by atoms with Crippen LogP contribution in [0, 0.1) is 6.92 Å². The minimum absolute atomic E-state index is 0.00955. The number of fused-ring (bicyclic) bond motifs is 4. The zero-order valence-corrected chi connectivity index (χ0v) is 31.8. The summed E-state index contributed by atoms with van der Waals surface area (Å²) in [5.41, 5.74) is 8.95. The normalized spacial score (nSPS) is 17.0. The van der Waals surface area contributed by atoms with E-state index in [4.69, 9.17) is 30.7 Å². The van der Waals surface area contributed by atoms with Gasteiger partial charge in [0.25, 0.3) is 5.91 Å². The highest BCUT2D eigenvalue weighted by Crippen LogP contribution is 2.48. The van der Waals surface area contributed by atoms with Crippen molar-refractivity contribution in [2.75, 3.05) is 25.9 Å². The van der Waals surface area contributed by atoms with E-state index in [0.717, 1.165) is 86.2 Å². The molecule has 2 aromatic carbocycles. The van der Waals surface area contributed by atoms with Gasteiger partial charge in [0.1, 0.15) is 11.6 Å². The van der Waals surface area contributed by atoms with Gasteiger partial charge in [-0.1, -0.05) is 36.7 Å². The molecule has 54 heavy (non-hydrogen) atoms. The molecule has 0 radical (unpaired) electrons. The highest BCUT2D eigenvalue weighted by molar-refractivity contribution is 7.23. The molecule has 0 saturated heterocycles. The number of thiophene rings is 1. The van der Waals surface area contributed by atoms with E-state index in [1.807, 2.05) is 29.3 Å². The fraction of sp³-hybridized carbons (Fsp3) is 0.341. The Morgan fingerprint density at radius 1 is 1.06 bits per heavy atom. The van der Waals surface area contributed by atoms with Crippen LogP contribution in [0.4, 0.5) is 14.6 Å². The van der Waals surface area contributed by atoms with Gasteiger partial charge in [0.15, 0.2) is 0 Å². The number of alkyl halides is 2. The molecule has 0 fully saturated rings. The molecule has 9 rings (SSSR count). The molecule has 0 spiro atoms. The Hall–Kier alpha value is -4.94. The van der Waals surface area contributed by atoms with Gasteiger partial charge in [-0.15, -0.1) is 21.5 Å². The molecule has 4 aromatic heterocycles. The zero-order valence-electron chi connectivity index (χ0n) is 30.2. The number of aryl methyl sites for hydroxylation is 2. The maximum absolute atomic E-state index is 14.3. The summed E-state index contributed by atoms with van der Waals surface area (Å²) in [5, 5.41) is 14.4. The van der Waals surface area contributed by atoms with Crippen LogP contribution in [0.5, 0.6) is 5.75 Å². The predicted octanol–water partition coefficient (Wildman–Crippen LogP) is 10.00. The van der Waals surface area contributed by atoms with Gasteiger partial charge in [0.2, 0.25) is 18.7 Å². The smallest absolute Gasteiger partial charge is 0.256 e. The van der Waals surface area contributed by atoms with E-state index in [2.05, 4.69) is 52.8 Å². The third kappa shape index (κ3) is 6.49. The number of hydrogen-bond donors (Lipinski definition) is 1. The molecule has 1 N–H and O–H groups in total. The molecule has 6 aromatic rings. The van der Waals surface area contributed by atoms with Crippen LogP contribution in [0.25, 0.3) is 32.0 Å². The van der Waals surface area contributed by atoms with Crippen molar-refractivity contribution in [1.82, 2.24) is 25.1 Å². The first-order chi connectivity index (χ1) is 26.3. The van der Waals surface area contributed by atoms with Crippen LogP contribution in [-0.2, 0) is 25.8 Å². The number of pyridine rings is 2. The number of rotatable bonds is 9. The van der Waals surface area contributed by atoms with Crippen LogP contribution in [0.1, 0.15) is 88.0 Å². The number of hydrogen-bond acceptors (Lipinski definition) is 9. The number of anilines is 1. The number of nitrogens with one attached hydrogen (secondary N) is 1. The number of carbonyl (C=O) groups excluding carboxylic acids is 1. The predicted molar refractivity (Wildman–Crippen MR) is 207 cm³/mol. The topological polar surface area (TPSA) is 106 Å². The summed E-state index contributed by atoms with van der Waals surface area (Å²) in [5.74, 6) is 2.84. The molecule has 0 saturated carbocycles. The molecule has 2 unspecified atom stereocenters. The Morgan fingerprint density at radius 2 is 1.91 bits per heavy atom. The maximum atomic E-state index is 14.3. The minimum Gasteiger partial charge on any atom is -0.496 e. The van der Waals surface area contributed by atoms with Crippen LogP contribution in [0.3, 0.4) is 0 Å². The summed E-state index contributed by atoms with van der Waals surface area (Å²) in [6, 6.07) is 16.8. The monoisotopic (exact) mass is 768 g/mol. The lowest BCUT2D eigenvalue weighted by Crippen LogP contribution is -2.24. The van der Waals surface area contributed by atoms with Crippen molar-refractivity contribution < 1.29 is 22.7 Å². The molecule has 2 aliphatic carbocycles. The lowest BCUT2D eigenvalue weighted by molar-refractivity contribution is 0.0778. The molecule has 1 amide bonds. The average molecular weight is 769 g/mol. The second-order valence-electron chi connectivity index (χ2n) is 13.8. The third-order valence-electron chi connectivity index (χ3n) is 10.6. The second-order valence-corrected chi connectivity index (χ2v) is 15.3. The summed E-state index contributed by atoms with van der Waals surface area (Å²) in [4.78, 5) is 27.3. The fourth-order valence-corrected chi connectivity index (χ4v) is 9.71. The van der Waals surface area contributed by atoms with Gasteiger partial charge in [-0.25, -0.2) is 13.8 Å². The van der Waals surface area contributed by atoms with Gasteiger partial charge < -0.3 is 19.4 Å². The van der Waals surface area contributed by atoms with Crippen LogP contribution in [-0.4, -0.2) is 51.6 Å². The Kier molecular flexibility index (Phi) is 10.1. The fourth-order valence-electron chi connectivity index (χ4n) is 8.35. The van der Waals surface area contributed by atoms with Crippen LogP contribution in [0.2, 0.25) is 5.02 Å². The van der Waals surface area contributed by atoms with Crippen molar-refractivity contribution in [1.29, 1.82) is 0 Å². The first kappa shape index (κ1) is 36.1. The van der Waals surface area contributed by atoms with E-state index >= 15 is 0 Å². The Balaban J connectivity index is 0.00000134. The van der Waals surface area contributed by atoms with Crippen LogP contribution < -0.4 is 10.1 Å². The van der Waals surface area contributed by atoms with Gasteiger partial charge >= 0.3 is 0 Å². The molecule has 13 heteroatoms. The first-order valence-electron chi connectivity index (χ1n) is 18.2. The third-order valence-corrected chi connectivity index (χ3v) is 12.0. The van der Waals surface area contributed by atoms with E-state index in [0.29, 0.717) is 36.9 Å². The lowest BCUT2D eigenvalue weighted by atomic mass is 9.90. The first-order valence-corrected chi connectivity index (χ1v) is 19.4. The summed E-state index contributed by atoms with van der Waals surface area (Å²) < 4.78 is 32.1. The van der Waals surface area contributed by atoms with Crippen molar-refractivity contribution in [3.05, 3.63) is 105 Å². The lowest BCUT2D eigenvalue weighted by Gasteiger charge is -2.18. The Morgan fingerprint density at radius 3 is 2.69 bits per heavy atom. The number of carbonyl (C=O) groups is 1.